The van der Waals surface area contributed by atoms with Gasteiger partial charge in [-0.1, -0.05) is 23.8 Å². The van der Waals surface area contributed by atoms with Gasteiger partial charge in [-0.05, 0) is 38.1 Å². The number of methoxy groups -OCH3 is 1. The zero-order chi connectivity index (χ0) is 17.8. The van der Waals surface area contributed by atoms with Gasteiger partial charge in [0, 0.05) is 5.56 Å². The van der Waals surface area contributed by atoms with Crippen LogP contribution in [0.2, 0.25) is 0 Å². The number of nitrogens with one attached hydrogen (secondary N) is 1. The van der Waals surface area contributed by atoms with E-state index in [9.17, 15) is 4.79 Å². The Labute approximate surface area is 146 Å². The Morgan fingerprint density at radius 2 is 2.00 bits per heavy atom. The van der Waals surface area contributed by atoms with Gasteiger partial charge in [-0.2, -0.15) is 5.10 Å². The van der Waals surface area contributed by atoms with E-state index in [2.05, 4.69) is 10.5 Å². The van der Waals surface area contributed by atoms with E-state index in [-0.39, 0.29) is 12.5 Å². The Morgan fingerprint density at radius 1 is 1.24 bits per heavy atom. The molecule has 3 rings (SSSR count). The minimum absolute atomic E-state index is 0.144. The third-order valence-corrected chi connectivity index (χ3v) is 3.88. The third-order valence-electron chi connectivity index (χ3n) is 3.88. The normalized spacial score (nSPS) is 16.3. The molecular weight excluding hydrogens is 320 g/mol. The maximum atomic E-state index is 12.3. The monoisotopic (exact) mass is 340 g/mol. The molecule has 6 nitrogen and oxygen atoms in total. The highest BCUT2D eigenvalue weighted by Crippen LogP contribution is 2.30. The fourth-order valence-electron chi connectivity index (χ4n) is 2.52. The average Bonchev–Trinajstić information content (AvgIpc) is 2.65. The number of amides is 1. The molecule has 2 aromatic rings. The van der Waals surface area contributed by atoms with Gasteiger partial charge in [-0.25, -0.2) is 5.43 Å². The molecule has 130 valence electrons. The number of ether oxygens (including phenoxy) is 3. The van der Waals surface area contributed by atoms with Crippen LogP contribution in [0.3, 0.4) is 0 Å². The first-order valence-corrected chi connectivity index (χ1v) is 7.96. The lowest BCUT2D eigenvalue weighted by molar-refractivity contribution is -0.130. The van der Waals surface area contributed by atoms with Gasteiger partial charge in [0.25, 0.3) is 5.91 Å². The minimum Gasteiger partial charge on any atom is -0.496 e. The summed E-state index contributed by atoms with van der Waals surface area (Å²) in [4.78, 5) is 12.3. The van der Waals surface area contributed by atoms with E-state index in [1.165, 1.54) is 0 Å². The zero-order valence-electron chi connectivity index (χ0n) is 14.4. The van der Waals surface area contributed by atoms with Crippen molar-refractivity contribution in [1.82, 2.24) is 5.43 Å². The predicted octanol–water partition coefficient (Wildman–Crippen LogP) is 2.68. The quantitative estimate of drug-likeness (QED) is 0.686. The number of aryl methyl sites for hydroxylation is 1. The summed E-state index contributed by atoms with van der Waals surface area (Å²) in [5.74, 6) is 1.53. The summed E-state index contributed by atoms with van der Waals surface area (Å²) >= 11 is 0. The number of carbonyl (C=O) groups is 1. The van der Waals surface area contributed by atoms with Crippen LogP contribution in [0.15, 0.2) is 47.6 Å². The molecule has 2 aromatic carbocycles. The van der Waals surface area contributed by atoms with E-state index < -0.39 is 6.10 Å². The summed E-state index contributed by atoms with van der Waals surface area (Å²) in [6.45, 7) is 3.94. The second kappa shape index (κ2) is 7.25. The van der Waals surface area contributed by atoms with Gasteiger partial charge >= 0.3 is 0 Å². The lowest BCUT2D eigenvalue weighted by Gasteiger charge is -2.24. The Balaban J connectivity index is 1.70. The van der Waals surface area contributed by atoms with Crippen molar-refractivity contribution in [2.24, 2.45) is 5.10 Å². The molecule has 1 N–H and O–H groups in total. The first kappa shape index (κ1) is 16.8. The number of hydrogen-bond donors (Lipinski definition) is 1. The molecule has 0 fully saturated rings. The van der Waals surface area contributed by atoms with Crippen LogP contribution >= 0.6 is 0 Å². The molecule has 1 atom stereocenters. The van der Waals surface area contributed by atoms with Crippen molar-refractivity contribution < 1.29 is 19.0 Å². The molecule has 0 bridgehead atoms. The topological polar surface area (TPSA) is 69.2 Å². The standard InChI is InChI=1S/C19H20N2O4/c1-12-8-9-15(23-3)14(10-12)13(2)20-21-19(22)18-11-24-16-6-4-5-7-17(16)25-18/h4-10,18H,11H2,1-3H3,(H,21,22)/b20-13-/t18-/m0/s1. The molecule has 0 spiro atoms. The molecule has 1 amide bonds. The van der Waals surface area contributed by atoms with Gasteiger partial charge in [-0.15, -0.1) is 0 Å². The van der Waals surface area contributed by atoms with Crippen LogP contribution in [0.5, 0.6) is 17.2 Å². The molecule has 0 aromatic heterocycles. The van der Waals surface area contributed by atoms with Gasteiger partial charge in [0.1, 0.15) is 12.4 Å². The number of hydrazone groups is 1. The first-order chi connectivity index (χ1) is 12.1. The summed E-state index contributed by atoms with van der Waals surface area (Å²) in [7, 11) is 1.60. The molecule has 0 saturated carbocycles. The van der Waals surface area contributed by atoms with E-state index in [0.717, 1.165) is 11.1 Å². The van der Waals surface area contributed by atoms with Crippen molar-refractivity contribution in [2.45, 2.75) is 20.0 Å². The molecule has 25 heavy (non-hydrogen) atoms. The van der Waals surface area contributed by atoms with Crippen LogP contribution < -0.4 is 19.6 Å². The van der Waals surface area contributed by atoms with Gasteiger partial charge in [-0.3, -0.25) is 4.79 Å². The van der Waals surface area contributed by atoms with Crippen LogP contribution in [0.4, 0.5) is 0 Å². The smallest absolute Gasteiger partial charge is 0.284 e. The molecule has 1 aliphatic heterocycles. The van der Waals surface area contributed by atoms with Gasteiger partial charge in [0.15, 0.2) is 11.5 Å². The highest BCUT2D eigenvalue weighted by molar-refractivity contribution is 6.01. The second-order valence-corrected chi connectivity index (χ2v) is 5.74. The van der Waals surface area contributed by atoms with Crippen LogP contribution in [0, 0.1) is 6.92 Å². The van der Waals surface area contributed by atoms with E-state index in [1.807, 2.05) is 44.2 Å². The van der Waals surface area contributed by atoms with Crippen molar-refractivity contribution in [3.05, 3.63) is 53.6 Å². The Morgan fingerprint density at radius 3 is 2.76 bits per heavy atom. The maximum Gasteiger partial charge on any atom is 0.284 e. The maximum absolute atomic E-state index is 12.3. The Hall–Kier alpha value is -3.02. The van der Waals surface area contributed by atoms with E-state index in [4.69, 9.17) is 14.2 Å². The molecule has 0 saturated heterocycles. The highest BCUT2D eigenvalue weighted by atomic mass is 16.6. The summed E-state index contributed by atoms with van der Waals surface area (Å²) < 4.78 is 16.6. The largest absolute Gasteiger partial charge is 0.496 e. The molecule has 6 heteroatoms. The SMILES string of the molecule is COc1ccc(C)cc1/C(C)=N\NC(=O)[C@@H]1COc2ccccc2O1. The summed E-state index contributed by atoms with van der Waals surface area (Å²) in [5.41, 5.74) is 5.09. The van der Waals surface area contributed by atoms with E-state index in [1.54, 1.807) is 19.2 Å². The fourth-order valence-corrected chi connectivity index (χ4v) is 2.52. The van der Waals surface area contributed by atoms with Crippen LogP contribution in [-0.4, -0.2) is 31.4 Å². The second-order valence-electron chi connectivity index (χ2n) is 5.74. The number of para-hydroxylation sites is 2. The molecule has 0 radical (unpaired) electrons. The lowest BCUT2D eigenvalue weighted by atomic mass is 10.1. The molecule has 0 aliphatic carbocycles. The molecule has 0 unspecified atom stereocenters. The van der Waals surface area contributed by atoms with E-state index >= 15 is 0 Å². The number of hydrogen-bond acceptors (Lipinski definition) is 5. The molecular formula is C19H20N2O4. The molecule has 1 aliphatic rings. The third kappa shape index (κ3) is 3.74. The number of rotatable bonds is 4. The lowest BCUT2D eigenvalue weighted by Crippen LogP contribution is -2.42. The van der Waals surface area contributed by atoms with Crippen LogP contribution in [0.1, 0.15) is 18.1 Å². The highest BCUT2D eigenvalue weighted by Gasteiger charge is 2.27. The number of nitrogens with zero attached hydrogens (tertiary/aromatic N) is 1. The number of carbonyl (C=O) groups excluding carboxylic acids is 1. The summed E-state index contributed by atoms with van der Waals surface area (Å²) in [6, 6.07) is 13.0. The number of benzene rings is 2. The summed E-state index contributed by atoms with van der Waals surface area (Å²) in [6.07, 6.45) is -0.745. The first-order valence-electron chi connectivity index (χ1n) is 7.96. The van der Waals surface area contributed by atoms with Crippen molar-refractivity contribution in [1.29, 1.82) is 0 Å². The van der Waals surface area contributed by atoms with Crippen molar-refractivity contribution in [3.8, 4) is 17.2 Å². The van der Waals surface area contributed by atoms with Gasteiger partial charge in [0.2, 0.25) is 6.10 Å². The van der Waals surface area contributed by atoms with Crippen molar-refractivity contribution in [3.63, 3.8) is 0 Å². The molecule has 1 heterocycles. The van der Waals surface area contributed by atoms with Crippen LogP contribution in [0.25, 0.3) is 0 Å². The predicted molar refractivity (Wildman–Crippen MR) is 94.4 cm³/mol. The van der Waals surface area contributed by atoms with Crippen LogP contribution in [-0.2, 0) is 4.79 Å². The Kier molecular flexibility index (Phi) is 4.88. The van der Waals surface area contributed by atoms with Crippen molar-refractivity contribution >= 4 is 11.6 Å². The minimum atomic E-state index is -0.745. The average molecular weight is 340 g/mol. The summed E-state index contributed by atoms with van der Waals surface area (Å²) in [5, 5.41) is 4.18. The van der Waals surface area contributed by atoms with Crippen molar-refractivity contribution in [2.75, 3.05) is 13.7 Å². The van der Waals surface area contributed by atoms with Gasteiger partial charge in [0.05, 0.1) is 12.8 Å². The zero-order valence-corrected chi connectivity index (χ0v) is 14.4. The Bertz CT molecular complexity index is 817. The fraction of sp³-hybridized carbons (Fsp3) is 0.263. The van der Waals surface area contributed by atoms with E-state index in [0.29, 0.717) is 23.0 Å². The number of fused-ring (bicyclic) bond motifs is 1. The van der Waals surface area contributed by atoms with Gasteiger partial charge < -0.3 is 14.2 Å².